The van der Waals surface area contributed by atoms with Gasteiger partial charge < -0.3 is 4.98 Å². The summed E-state index contributed by atoms with van der Waals surface area (Å²) in [6, 6.07) is 7.51. The molecule has 1 saturated heterocycles. The van der Waals surface area contributed by atoms with Crippen molar-refractivity contribution in [2.75, 3.05) is 7.05 Å². The number of aromatic amines is 1. The summed E-state index contributed by atoms with van der Waals surface area (Å²) in [5, 5.41) is 0. The number of rotatable bonds is 1. The smallest absolute Gasteiger partial charge is 0.124 e. The van der Waals surface area contributed by atoms with Crippen LogP contribution in [-0.2, 0) is 0 Å². The van der Waals surface area contributed by atoms with E-state index in [4.69, 9.17) is 4.98 Å². The minimum Gasteiger partial charge on any atom is -0.341 e. The van der Waals surface area contributed by atoms with E-state index in [0.717, 1.165) is 33.3 Å². The van der Waals surface area contributed by atoms with Gasteiger partial charge in [-0.2, -0.15) is 0 Å². The highest BCUT2D eigenvalue weighted by atomic mass is 79.9. The molecular weight excluding hydrogens is 290 g/mol. The predicted octanol–water partition coefficient (Wildman–Crippen LogP) is 3.48. The summed E-state index contributed by atoms with van der Waals surface area (Å²) in [4.78, 5) is 10.8. The number of aromatic nitrogens is 2. The van der Waals surface area contributed by atoms with Gasteiger partial charge in [-0.25, -0.2) is 4.98 Å². The van der Waals surface area contributed by atoms with Gasteiger partial charge >= 0.3 is 0 Å². The molecule has 2 bridgehead atoms. The van der Waals surface area contributed by atoms with Crippen LogP contribution in [0.5, 0.6) is 0 Å². The van der Waals surface area contributed by atoms with E-state index in [1.165, 1.54) is 19.3 Å². The van der Waals surface area contributed by atoms with Crippen LogP contribution < -0.4 is 0 Å². The first-order valence-corrected chi connectivity index (χ1v) is 7.39. The van der Waals surface area contributed by atoms with Gasteiger partial charge in [0, 0.05) is 10.5 Å². The number of likely N-dealkylation sites (tertiary alicyclic amines) is 1. The van der Waals surface area contributed by atoms with E-state index in [1.54, 1.807) is 0 Å². The van der Waals surface area contributed by atoms with E-state index in [2.05, 4.69) is 51.1 Å². The Labute approximate surface area is 115 Å². The Hall–Kier alpha value is -0.870. The molecule has 0 amide bonds. The van der Waals surface area contributed by atoms with Crippen LogP contribution in [0.2, 0.25) is 0 Å². The summed E-state index contributed by atoms with van der Waals surface area (Å²) in [7, 11) is 2.25. The Morgan fingerprint density at radius 1 is 1.39 bits per heavy atom. The van der Waals surface area contributed by atoms with Crippen molar-refractivity contribution in [2.45, 2.75) is 31.3 Å². The molecule has 0 spiro atoms. The van der Waals surface area contributed by atoms with Crippen molar-refractivity contribution in [3.05, 3.63) is 28.5 Å². The fourth-order valence-corrected chi connectivity index (χ4v) is 4.13. The molecule has 18 heavy (non-hydrogen) atoms. The monoisotopic (exact) mass is 305 g/mol. The summed E-state index contributed by atoms with van der Waals surface area (Å²) < 4.78 is 1.10. The molecule has 2 aromatic rings. The second kappa shape index (κ2) is 3.81. The number of imidazole rings is 1. The molecule has 4 rings (SSSR count). The minimum atomic E-state index is 0.495. The largest absolute Gasteiger partial charge is 0.341 e. The molecule has 94 valence electrons. The lowest BCUT2D eigenvalue weighted by Gasteiger charge is -2.30. The number of fused-ring (bicyclic) bond motifs is 3. The van der Waals surface area contributed by atoms with Gasteiger partial charge in [-0.3, -0.25) is 4.90 Å². The molecule has 1 aliphatic carbocycles. The van der Waals surface area contributed by atoms with Gasteiger partial charge in [0.05, 0.1) is 17.1 Å². The van der Waals surface area contributed by atoms with E-state index in [9.17, 15) is 0 Å². The highest BCUT2D eigenvalue weighted by Crippen LogP contribution is 2.48. The molecule has 4 heteroatoms. The molecule has 3 atom stereocenters. The van der Waals surface area contributed by atoms with Crippen LogP contribution in [0, 0.1) is 5.92 Å². The van der Waals surface area contributed by atoms with Crippen molar-refractivity contribution in [1.29, 1.82) is 0 Å². The zero-order valence-electron chi connectivity index (χ0n) is 10.4. The number of H-pyrrole nitrogens is 1. The number of benzene rings is 1. The van der Waals surface area contributed by atoms with Gasteiger partial charge in [0.2, 0.25) is 0 Å². The van der Waals surface area contributed by atoms with Crippen LogP contribution >= 0.6 is 15.9 Å². The van der Waals surface area contributed by atoms with Crippen molar-refractivity contribution in [2.24, 2.45) is 5.92 Å². The predicted molar refractivity (Wildman–Crippen MR) is 75.4 cm³/mol. The molecule has 1 aromatic carbocycles. The maximum absolute atomic E-state index is 4.79. The number of nitrogens with one attached hydrogen (secondary N) is 1. The number of hydrogen-bond acceptors (Lipinski definition) is 2. The maximum atomic E-state index is 4.79. The zero-order valence-corrected chi connectivity index (χ0v) is 11.9. The third-order valence-electron chi connectivity index (χ3n) is 4.65. The lowest BCUT2D eigenvalue weighted by Crippen LogP contribution is -2.31. The molecule has 1 aromatic heterocycles. The first kappa shape index (κ1) is 11.0. The van der Waals surface area contributed by atoms with E-state index in [-0.39, 0.29) is 0 Å². The van der Waals surface area contributed by atoms with Gasteiger partial charge in [0.1, 0.15) is 5.82 Å². The Bertz CT molecular complexity index is 604. The Morgan fingerprint density at radius 2 is 2.28 bits per heavy atom. The molecule has 2 heterocycles. The second-order valence-electron chi connectivity index (χ2n) is 5.62. The number of halogens is 1. The Morgan fingerprint density at radius 3 is 3.06 bits per heavy atom. The van der Waals surface area contributed by atoms with Gasteiger partial charge in [0.25, 0.3) is 0 Å². The average molecular weight is 306 g/mol. The van der Waals surface area contributed by atoms with Gasteiger partial charge in [-0.15, -0.1) is 0 Å². The van der Waals surface area contributed by atoms with Crippen molar-refractivity contribution < 1.29 is 0 Å². The lowest BCUT2D eigenvalue weighted by atomic mass is 9.98. The lowest BCUT2D eigenvalue weighted by molar-refractivity contribution is 0.171. The highest BCUT2D eigenvalue weighted by molar-refractivity contribution is 9.10. The minimum absolute atomic E-state index is 0.495. The van der Waals surface area contributed by atoms with Crippen molar-refractivity contribution in [3.63, 3.8) is 0 Å². The van der Waals surface area contributed by atoms with Gasteiger partial charge in [0.15, 0.2) is 0 Å². The van der Waals surface area contributed by atoms with Crippen molar-refractivity contribution >= 4 is 27.0 Å². The van der Waals surface area contributed by atoms with E-state index in [1.807, 2.05) is 0 Å². The molecule has 0 unspecified atom stereocenters. The molecule has 1 N–H and O–H groups in total. The molecule has 3 nitrogen and oxygen atoms in total. The molecule has 1 saturated carbocycles. The summed E-state index contributed by atoms with van der Waals surface area (Å²) in [5.74, 6) is 1.95. The van der Waals surface area contributed by atoms with Gasteiger partial charge in [-0.1, -0.05) is 15.9 Å². The topological polar surface area (TPSA) is 31.9 Å². The normalized spacial score (nSPS) is 31.6. The van der Waals surface area contributed by atoms with Crippen LogP contribution in [0.4, 0.5) is 0 Å². The van der Waals surface area contributed by atoms with Crippen LogP contribution in [0.3, 0.4) is 0 Å². The van der Waals surface area contributed by atoms with Crippen molar-refractivity contribution in [3.8, 4) is 0 Å². The molecular formula is C14H16BrN3. The quantitative estimate of drug-likeness (QED) is 0.874. The summed E-state index contributed by atoms with van der Waals surface area (Å²) >= 11 is 3.51. The summed E-state index contributed by atoms with van der Waals surface area (Å²) in [5.41, 5.74) is 2.21. The maximum Gasteiger partial charge on any atom is 0.124 e. The average Bonchev–Trinajstić information content (AvgIpc) is 3.00. The van der Waals surface area contributed by atoms with Gasteiger partial charge in [-0.05, 0) is 50.4 Å². The molecule has 0 radical (unpaired) electrons. The number of hydrogen-bond donors (Lipinski definition) is 1. The highest BCUT2D eigenvalue weighted by Gasteiger charge is 2.45. The standard InChI is InChI=1S/C14H16BrN3/c1-18-10-4-2-8(6-10)13(18)14-16-11-5-3-9(15)7-12(11)17-14/h3,5,7-8,10,13H,2,4,6H2,1H3,(H,16,17)/t8-,10+,13+/m0/s1. The van der Waals surface area contributed by atoms with Crippen LogP contribution in [-0.4, -0.2) is 28.0 Å². The van der Waals surface area contributed by atoms with Crippen LogP contribution in [0.1, 0.15) is 31.1 Å². The van der Waals surface area contributed by atoms with E-state index < -0.39 is 0 Å². The zero-order chi connectivity index (χ0) is 12.3. The first-order chi connectivity index (χ1) is 8.72. The molecule has 2 aliphatic rings. The fraction of sp³-hybridized carbons (Fsp3) is 0.500. The molecule has 2 fully saturated rings. The Kier molecular flexibility index (Phi) is 2.33. The third-order valence-corrected chi connectivity index (χ3v) is 5.14. The second-order valence-corrected chi connectivity index (χ2v) is 6.54. The van der Waals surface area contributed by atoms with Crippen LogP contribution in [0.25, 0.3) is 11.0 Å². The SMILES string of the molecule is CN1[C@@H]2CC[C@@H](C2)[C@@H]1c1nc2ccc(Br)cc2[nH]1. The third kappa shape index (κ3) is 1.48. The fourth-order valence-electron chi connectivity index (χ4n) is 3.77. The first-order valence-electron chi connectivity index (χ1n) is 6.59. The molecule has 1 aliphatic heterocycles. The summed E-state index contributed by atoms with van der Waals surface area (Å²) in [6.07, 6.45) is 4.08. The van der Waals surface area contributed by atoms with E-state index >= 15 is 0 Å². The Balaban J connectivity index is 1.78. The summed E-state index contributed by atoms with van der Waals surface area (Å²) in [6.45, 7) is 0. The van der Waals surface area contributed by atoms with Crippen molar-refractivity contribution in [1.82, 2.24) is 14.9 Å². The van der Waals surface area contributed by atoms with E-state index in [0.29, 0.717) is 6.04 Å². The number of nitrogens with zero attached hydrogens (tertiary/aromatic N) is 2. The van der Waals surface area contributed by atoms with Crippen LogP contribution in [0.15, 0.2) is 22.7 Å². The number of piperidine rings is 1.